The Labute approximate surface area is 152 Å². The summed E-state index contributed by atoms with van der Waals surface area (Å²) in [6.45, 7) is 5.17. The number of hydrogen-bond donors (Lipinski definition) is 1. The number of rotatable bonds is 5. The van der Waals surface area contributed by atoms with Gasteiger partial charge in [0.25, 0.3) is 0 Å². The van der Waals surface area contributed by atoms with Gasteiger partial charge in [0, 0.05) is 35.2 Å². The number of hydrogen-bond acceptors (Lipinski definition) is 2. The van der Waals surface area contributed by atoms with Crippen molar-refractivity contribution in [2.24, 2.45) is 0 Å². The summed E-state index contributed by atoms with van der Waals surface area (Å²) < 4.78 is 14.9. The highest BCUT2D eigenvalue weighted by molar-refractivity contribution is 9.10. The normalized spacial score (nSPS) is 20.0. The molecule has 2 aromatic carbocycles. The topological polar surface area (TPSA) is 15.3 Å². The number of halogens is 2. The molecule has 0 bridgehead atoms. The summed E-state index contributed by atoms with van der Waals surface area (Å²) in [4.78, 5) is 2.49. The molecule has 0 aliphatic carbocycles. The molecule has 0 aromatic heterocycles. The minimum atomic E-state index is -0.152. The monoisotopic (exact) mass is 390 g/mol. The van der Waals surface area contributed by atoms with Crippen LogP contribution in [0.15, 0.2) is 53.0 Å². The summed E-state index contributed by atoms with van der Waals surface area (Å²) in [5.74, 6) is -0.152. The molecule has 0 spiro atoms. The average Bonchev–Trinajstić information content (AvgIpc) is 2.56. The molecule has 128 valence electrons. The molecule has 2 unspecified atom stereocenters. The molecule has 0 radical (unpaired) electrons. The van der Waals surface area contributed by atoms with Crippen molar-refractivity contribution < 1.29 is 4.39 Å². The van der Waals surface area contributed by atoms with Crippen molar-refractivity contribution in [3.05, 3.63) is 69.9 Å². The van der Waals surface area contributed by atoms with E-state index in [1.54, 1.807) is 0 Å². The van der Waals surface area contributed by atoms with Crippen molar-refractivity contribution in [3.8, 4) is 0 Å². The van der Waals surface area contributed by atoms with Crippen LogP contribution in [0.5, 0.6) is 0 Å². The predicted octanol–water partition coefficient (Wildman–Crippen LogP) is 4.90. The molecule has 1 heterocycles. The Morgan fingerprint density at radius 3 is 2.79 bits per heavy atom. The van der Waals surface area contributed by atoms with Crippen LogP contribution in [0.25, 0.3) is 0 Å². The maximum atomic E-state index is 14.1. The average molecular weight is 391 g/mol. The third kappa shape index (κ3) is 4.65. The van der Waals surface area contributed by atoms with Gasteiger partial charge in [-0.15, -0.1) is 0 Å². The van der Waals surface area contributed by atoms with Crippen molar-refractivity contribution >= 4 is 15.9 Å². The first kappa shape index (κ1) is 17.6. The van der Waals surface area contributed by atoms with Gasteiger partial charge in [0.05, 0.1) is 0 Å². The van der Waals surface area contributed by atoms with E-state index in [0.717, 1.165) is 36.1 Å². The van der Waals surface area contributed by atoms with Gasteiger partial charge in [0.2, 0.25) is 0 Å². The van der Waals surface area contributed by atoms with E-state index in [1.165, 1.54) is 18.1 Å². The molecule has 0 amide bonds. The number of nitrogens with one attached hydrogen (secondary N) is 1. The van der Waals surface area contributed by atoms with Crippen molar-refractivity contribution in [2.45, 2.75) is 38.4 Å². The molecule has 1 saturated heterocycles. The highest BCUT2D eigenvalue weighted by atomic mass is 79.9. The van der Waals surface area contributed by atoms with Gasteiger partial charge in [-0.2, -0.15) is 0 Å². The van der Waals surface area contributed by atoms with Gasteiger partial charge in [0.15, 0.2) is 0 Å². The Morgan fingerprint density at radius 2 is 2.04 bits per heavy atom. The maximum absolute atomic E-state index is 14.1. The molecule has 2 atom stereocenters. The Morgan fingerprint density at radius 1 is 1.25 bits per heavy atom. The summed E-state index contributed by atoms with van der Waals surface area (Å²) in [7, 11) is 0. The van der Waals surface area contributed by atoms with Crippen LogP contribution in [0.3, 0.4) is 0 Å². The highest BCUT2D eigenvalue weighted by Gasteiger charge is 2.22. The molecule has 4 heteroatoms. The van der Waals surface area contributed by atoms with E-state index in [1.807, 2.05) is 19.1 Å². The third-order valence-electron chi connectivity index (χ3n) is 4.67. The maximum Gasteiger partial charge on any atom is 0.129 e. The first-order valence-corrected chi connectivity index (χ1v) is 9.38. The van der Waals surface area contributed by atoms with Gasteiger partial charge >= 0.3 is 0 Å². The van der Waals surface area contributed by atoms with E-state index in [4.69, 9.17) is 0 Å². The van der Waals surface area contributed by atoms with Crippen molar-refractivity contribution in [2.75, 3.05) is 13.1 Å². The minimum absolute atomic E-state index is 0.0137. The first-order chi connectivity index (χ1) is 11.6. The van der Waals surface area contributed by atoms with Gasteiger partial charge in [-0.05, 0) is 44.0 Å². The van der Waals surface area contributed by atoms with Crippen LogP contribution >= 0.6 is 15.9 Å². The van der Waals surface area contributed by atoms with Crippen molar-refractivity contribution in [3.63, 3.8) is 0 Å². The zero-order valence-electron chi connectivity index (χ0n) is 14.0. The second-order valence-electron chi connectivity index (χ2n) is 6.61. The molecule has 1 N–H and O–H groups in total. The van der Waals surface area contributed by atoms with Crippen LogP contribution in [-0.2, 0) is 6.54 Å². The van der Waals surface area contributed by atoms with Crippen LogP contribution in [0, 0.1) is 5.82 Å². The Kier molecular flexibility index (Phi) is 6.04. The second kappa shape index (κ2) is 8.24. The van der Waals surface area contributed by atoms with Gasteiger partial charge < -0.3 is 5.32 Å². The van der Waals surface area contributed by atoms with Crippen LogP contribution < -0.4 is 5.32 Å². The van der Waals surface area contributed by atoms with E-state index < -0.39 is 0 Å². The lowest BCUT2D eigenvalue weighted by molar-refractivity contribution is 0.177. The van der Waals surface area contributed by atoms with Gasteiger partial charge in [-0.1, -0.05) is 52.3 Å². The molecule has 1 aliphatic heterocycles. The quantitative estimate of drug-likeness (QED) is 0.780. The standard InChI is InChI=1S/C20H24BrFN2/c1-15(19-10-9-17(21)12-20(19)22)23-18-8-5-11-24(14-18)13-16-6-3-2-4-7-16/h2-4,6-7,9-10,12,15,18,23H,5,8,11,13-14H2,1H3. The molecule has 2 aromatic rings. The Balaban J connectivity index is 1.58. The largest absolute Gasteiger partial charge is 0.306 e. The predicted molar refractivity (Wildman–Crippen MR) is 100 cm³/mol. The molecular weight excluding hydrogens is 367 g/mol. The van der Waals surface area contributed by atoms with E-state index >= 15 is 0 Å². The van der Waals surface area contributed by atoms with Crippen LogP contribution in [0.4, 0.5) is 4.39 Å². The van der Waals surface area contributed by atoms with Crippen LogP contribution in [0.2, 0.25) is 0 Å². The zero-order chi connectivity index (χ0) is 16.9. The van der Waals surface area contributed by atoms with Gasteiger partial charge in [0.1, 0.15) is 5.82 Å². The smallest absolute Gasteiger partial charge is 0.129 e. The third-order valence-corrected chi connectivity index (χ3v) is 5.16. The Bertz CT molecular complexity index is 662. The number of nitrogens with zero attached hydrogens (tertiary/aromatic N) is 1. The molecule has 0 saturated carbocycles. The van der Waals surface area contributed by atoms with E-state index in [0.29, 0.717) is 6.04 Å². The summed E-state index contributed by atoms with van der Waals surface area (Å²) >= 11 is 3.32. The summed E-state index contributed by atoms with van der Waals surface area (Å²) in [5, 5.41) is 3.61. The summed E-state index contributed by atoms with van der Waals surface area (Å²) in [6, 6.07) is 16.3. The lowest BCUT2D eigenvalue weighted by atomic mass is 10.0. The lowest BCUT2D eigenvalue weighted by Gasteiger charge is -2.35. The fourth-order valence-electron chi connectivity index (χ4n) is 3.47. The van der Waals surface area contributed by atoms with E-state index in [-0.39, 0.29) is 11.9 Å². The van der Waals surface area contributed by atoms with E-state index in [9.17, 15) is 4.39 Å². The molecule has 1 fully saturated rings. The second-order valence-corrected chi connectivity index (χ2v) is 7.53. The number of benzene rings is 2. The van der Waals surface area contributed by atoms with Crippen LogP contribution in [-0.4, -0.2) is 24.0 Å². The van der Waals surface area contributed by atoms with Gasteiger partial charge in [-0.25, -0.2) is 4.39 Å². The fourth-order valence-corrected chi connectivity index (χ4v) is 3.81. The van der Waals surface area contributed by atoms with Crippen molar-refractivity contribution in [1.29, 1.82) is 0 Å². The zero-order valence-corrected chi connectivity index (χ0v) is 15.6. The van der Waals surface area contributed by atoms with Crippen LogP contribution in [0.1, 0.15) is 36.9 Å². The summed E-state index contributed by atoms with van der Waals surface area (Å²) in [5.41, 5.74) is 2.09. The minimum Gasteiger partial charge on any atom is -0.306 e. The van der Waals surface area contributed by atoms with E-state index in [2.05, 4.69) is 56.5 Å². The first-order valence-electron chi connectivity index (χ1n) is 8.59. The lowest BCUT2D eigenvalue weighted by Crippen LogP contribution is -2.46. The molecule has 1 aliphatic rings. The highest BCUT2D eigenvalue weighted by Crippen LogP contribution is 2.23. The Hall–Kier alpha value is -1.23. The molecule has 24 heavy (non-hydrogen) atoms. The van der Waals surface area contributed by atoms with Gasteiger partial charge in [-0.3, -0.25) is 4.90 Å². The molecule has 3 rings (SSSR count). The molecule has 2 nitrogen and oxygen atoms in total. The number of piperidine rings is 1. The SMILES string of the molecule is CC(NC1CCCN(Cc2ccccc2)C1)c1ccc(Br)cc1F. The fraction of sp³-hybridized carbons (Fsp3) is 0.400. The molecular formula is C20H24BrFN2. The summed E-state index contributed by atoms with van der Waals surface area (Å²) in [6.07, 6.45) is 2.33. The number of likely N-dealkylation sites (tertiary alicyclic amines) is 1. The van der Waals surface area contributed by atoms with Crippen molar-refractivity contribution in [1.82, 2.24) is 10.2 Å².